The average Bonchev–Trinajstić information content (AvgIpc) is 2.20. The van der Waals surface area contributed by atoms with E-state index in [1.165, 1.54) is 4.90 Å². The number of piperazine rings is 1. The van der Waals surface area contributed by atoms with Gasteiger partial charge in [0.1, 0.15) is 0 Å². The maximum absolute atomic E-state index is 11.7. The average molecular weight is 283 g/mol. The van der Waals surface area contributed by atoms with Gasteiger partial charge in [-0.05, 0) is 30.7 Å². The van der Waals surface area contributed by atoms with Gasteiger partial charge in [-0.1, -0.05) is 15.9 Å². The van der Waals surface area contributed by atoms with E-state index in [4.69, 9.17) is 0 Å². The molecular formula is C11H11BrN2O2. The minimum atomic E-state index is -0.207. The van der Waals surface area contributed by atoms with Crippen molar-refractivity contribution in [3.05, 3.63) is 28.2 Å². The Morgan fingerprint density at radius 2 is 1.88 bits per heavy atom. The van der Waals surface area contributed by atoms with Crippen molar-refractivity contribution in [1.82, 2.24) is 5.32 Å². The van der Waals surface area contributed by atoms with Crippen molar-refractivity contribution < 1.29 is 9.59 Å². The standard InChI is InChI=1S/C11H11BrN2O2/c1-7-4-8(12)2-3-9(7)14-10(15)5-13-6-11(14)16/h2-4,13H,5-6H2,1H3. The Bertz CT molecular complexity index is 443. The number of hydrogen-bond donors (Lipinski definition) is 1. The second-order valence-electron chi connectivity index (χ2n) is 3.66. The molecule has 1 aliphatic rings. The molecule has 0 atom stereocenters. The Labute approximate surface area is 102 Å². The van der Waals surface area contributed by atoms with Crippen molar-refractivity contribution in [2.24, 2.45) is 0 Å². The zero-order valence-corrected chi connectivity index (χ0v) is 10.4. The van der Waals surface area contributed by atoms with Gasteiger partial charge in [0.15, 0.2) is 0 Å². The van der Waals surface area contributed by atoms with Crippen molar-refractivity contribution in [3.8, 4) is 0 Å². The van der Waals surface area contributed by atoms with Crippen molar-refractivity contribution in [1.29, 1.82) is 0 Å². The summed E-state index contributed by atoms with van der Waals surface area (Å²) in [5.74, 6) is -0.414. The number of nitrogens with zero attached hydrogens (tertiary/aromatic N) is 1. The molecule has 5 heteroatoms. The Morgan fingerprint density at radius 1 is 1.25 bits per heavy atom. The van der Waals surface area contributed by atoms with E-state index in [1.54, 1.807) is 6.07 Å². The molecule has 1 N–H and O–H groups in total. The fraction of sp³-hybridized carbons (Fsp3) is 0.273. The minimum absolute atomic E-state index is 0.207. The van der Waals surface area contributed by atoms with Crippen LogP contribution in [0, 0.1) is 6.92 Å². The number of rotatable bonds is 1. The molecule has 1 fully saturated rings. The van der Waals surface area contributed by atoms with Crippen LogP contribution in [0.15, 0.2) is 22.7 Å². The summed E-state index contributed by atoms with van der Waals surface area (Å²) in [5.41, 5.74) is 1.57. The number of aryl methyl sites for hydroxylation is 1. The van der Waals surface area contributed by atoms with Gasteiger partial charge >= 0.3 is 0 Å². The molecule has 1 heterocycles. The summed E-state index contributed by atoms with van der Waals surface area (Å²) in [6.07, 6.45) is 0. The predicted molar refractivity (Wildman–Crippen MR) is 64.2 cm³/mol. The van der Waals surface area contributed by atoms with E-state index < -0.39 is 0 Å². The molecule has 0 aliphatic carbocycles. The highest BCUT2D eigenvalue weighted by Gasteiger charge is 2.27. The minimum Gasteiger partial charge on any atom is -0.300 e. The van der Waals surface area contributed by atoms with Gasteiger partial charge in [-0.15, -0.1) is 0 Å². The Balaban J connectivity index is 2.42. The van der Waals surface area contributed by atoms with Crippen LogP contribution in [-0.4, -0.2) is 24.9 Å². The largest absolute Gasteiger partial charge is 0.300 e. The molecule has 0 spiro atoms. The van der Waals surface area contributed by atoms with Crippen LogP contribution in [0.4, 0.5) is 5.69 Å². The summed E-state index contributed by atoms with van der Waals surface area (Å²) < 4.78 is 0.934. The van der Waals surface area contributed by atoms with Crippen molar-refractivity contribution in [3.63, 3.8) is 0 Å². The van der Waals surface area contributed by atoms with Gasteiger partial charge in [0.25, 0.3) is 0 Å². The summed E-state index contributed by atoms with van der Waals surface area (Å²) in [6.45, 7) is 2.30. The maximum Gasteiger partial charge on any atom is 0.247 e. The topological polar surface area (TPSA) is 49.4 Å². The lowest BCUT2D eigenvalue weighted by atomic mass is 10.1. The number of amides is 2. The third-order valence-corrected chi connectivity index (χ3v) is 2.94. The zero-order valence-electron chi connectivity index (χ0n) is 8.79. The van der Waals surface area contributed by atoms with Crippen LogP contribution in [-0.2, 0) is 9.59 Å². The number of nitrogens with one attached hydrogen (secondary N) is 1. The van der Waals surface area contributed by atoms with Gasteiger partial charge in [0.2, 0.25) is 11.8 Å². The van der Waals surface area contributed by atoms with Gasteiger partial charge in [0.05, 0.1) is 18.8 Å². The first kappa shape index (κ1) is 11.3. The van der Waals surface area contributed by atoms with Crippen LogP contribution >= 0.6 is 15.9 Å². The molecule has 84 valence electrons. The predicted octanol–water partition coefficient (Wildman–Crippen LogP) is 1.22. The first-order valence-electron chi connectivity index (χ1n) is 4.92. The van der Waals surface area contributed by atoms with E-state index in [0.717, 1.165) is 10.0 Å². The molecule has 0 unspecified atom stereocenters. The van der Waals surface area contributed by atoms with Crippen LogP contribution in [0.2, 0.25) is 0 Å². The molecule has 1 aromatic carbocycles. The second-order valence-corrected chi connectivity index (χ2v) is 4.57. The fourth-order valence-corrected chi connectivity index (χ4v) is 2.19. The lowest BCUT2D eigenvalue weighted by molar-refractivity contribution is -0.127. The maximum atomic E-state index is 11.7. The molecule has 0 aromatic heterocycles. The number of halogens is 1. The highest BCUT2D eigenvalue weighted by atomic mass is 79.9. The van der Waals surface area contributed by atoms with Crippen molar-refractivity contribution in [2.45, 2.75) is 6.92 Å². The smallest absolute Gasteiger partial charge is 0.247 e. The van der Waals surface area contributed by atoms with Gasteiger partial charge in [-0.25, -0.2) is 4.90 Å². The molecule has 0 bridgehead atoms. The third kappa shape index (κ3) is 2.01. The van der Waals surface area contributed by atoms with E-state index in [2.05, 4.69) is 21.2 Å². The monoisotopic (exact) mass is 282 g/mol. The number of carbonyl (C=O) groups excluding carboxylic acids is 2. The highest BCUT2D eigenvalue weighted by molar-refractivity contribution is 9.10. The van der Waals surface area contributed by atoms with E-state index in [1.807, 2.05) is 19.1 Å². The molecule has 1 aliphatic heterocycles. The molecular weight excluding hydrogens is 272 g/mol. The summed E-state index contributed by atoms with van der Waals surface area (Å²) in [5, 5.41) is 2.76. The normalized spacial score (nSPS) is 16.8. The highest BCUT2D eigenvalue weighted by Crippen LogP contribution is 2.24. The number of benzene rings is 1. The Kier molecular flexibility index (Phi) is 3.07. The second kappa shape index (κ2) is 4.35. The molecule has 1 saturated heterocycles. The first-order valence-corrected chi connectivity index (χ1v) is 5.71. The lowest BCUT2D eigenvalue weighted by Crippen LogP contribution is -2.52. The number of imide groups is 1. The van der Waals surface area contributed by atoms with E-state index >= 15 is 0 Å². The molecule has 2 amide bonds. The fourth-order valence-electron chi connectivity index (χ4n) is 1.71. The number of hydrogen-bond acceptors (Lipinski definition) is 3. The zero-order chi connectivity index (χ0) is 11.7. The van der Waals surface area contributed by atoms with Crippen LogP contribution in [0.1, 0.15) is 5.56 Å². The SMILES string of the molecule is Cc1cc(Br)ccc1N1C(=O)CNCC1=O. The van der Waals surface area contributed by atoms with Gasteiger partial charge in [-0.3, -0.25) is 14.9 Å². The van der Waals surface area contributed by atoms with Crippen molar-refractivity contribution >= 4 is 33.4 Å². The van der Waals surface area contributed by atoms with E-state index in [-0.39, 0.29) is 24.9 Å². The van der Waals surface area contributed by atoms with Crippen LogP contribution in [0.25, 0.3) is 0 Å². The molecule has 4 nitrogen and oxygen atoms in total. The van der Waals surface area contributed by atoms with Gasteiger partial charge in [0, 0.05) is 4.47 Å². The number of anilines is 1. The molecule has 0 saturated carbocycles. The number of carbonyl (C=O) groups is 2. The van der Waals surface area contributed by atoms with Crippen LogP contribution in [0.3, 0.4) is 0 Å². The molecule has 16 heavy (non-hydrogen) atoms. The summed E-state index contributed by atoms with van der Waals surface area (Å²) in [4.78, 5) is 24.6. The molecule has 2 rings (SSSR count). The Hall–Kier alpha value is -1.20. The van der Waals surface area contributed by atoms with Crippen LogP contribution in [0.5, 0.6) is 0 Å². The van der Waals surface area contributed by atoms with Gasteiger partial charge in [-0.2, -0.15) is 0 Å². The van der Waals surface area contributed by atoms with Crippen molar-refractivity contribution in [2.75, 3.05) is 18.0 Å². The third-order valence-electron chi connectivity index (χ3n) is 2.45. The first-order chi connectivity index (χ1) is 7.59. The summed E-state index contributed by atoms with van der Waals surface area (Å²) >= 11 is 3.35. The van der Waals surface area contributed by atoms with Crippen LogP contribution < -0.4 is 10.2 Å². The van der Waals surface area contributed by atoms with E-state index in [0.29, 0.717) is 5.69 Å². The molecule has 1 aromatic rings. The van der Waals surface area contributed by atoms with E-state index in [9.17, 15) is 9.59 Å². The lowest BCUT2D eigenvalue weighted by Gasteiger charge is -2.26. The Morgan fingerprint density at radius 3 is 2.44 bits per heavy atom. The quantitative estimate of drug-likeness (QED) is 0.788. The van der Waals surface area contributed by atoms with Gasteiger partial charge < -0.3 is 0 Å². The summed E-state index contributed by atoms with van der Waals surface area (Å²) in [7, 11) is 0. The molecule has 0 radical (unpaired) electrons. The summed E-state index contributed by atoms with van der Waals surface area (Å²) in [6, 6.07) is 5.49.